The third-order valence-electron chi connectivity index (χ3n) is 4.01. The number of hydrogen-bond acceptors (Lipinski definition) is 4. The van der Waals surface area contributed by atoms with Gasteiger partial charge in [-0.1, -0.05) is 47.6 Å². The average molecular weight is 344 g/mol. The van der Waals surface area contributed by atoms with Gasteiger partial charge in [0.15, 0.2) is 11.4 Å². The minimum atomic E-state index is -0.297. The van der Waals surface area contributed by atoms with Crippen molar-refractivity contribution in [3.63, 3.8) is 0 Å². The maximum Gasteiger partial charge on any atom is 0.323 e. The number of nitrogens with two attached hydrogens (primary N) is 1. The maximum absolute atomic E-state index is 12.1. The first-order chi connectivity index (χ1) is 12.7. The number of carbonyl (C=O) groups excluding carboxylic acids is 1. The van der Waals surface area contributed by atoms with Crippen LogP contribution >= 0.6 is 0 Å². The summed E-state index contributed by atoms with van der Waals surface area (Å²) >= 11 is 0. The third kappa shape index (κ3) is 3.08. The lowest BCUT2D eigenvalue weighted by Crippen LogP contribution is -2.19. The molecule has 0 aliphatic heterocycles. The van der Waals surface area contributed by atoms with Gasteiger partial charge in [0.25, 0.3) is 0 Å². The van der Waals surface area contributed by atoms with E-state index in [-0.39, 0.29) is 6.03 Å². The lowest BCUT2D eigenvalue weighted by molar-refractivity contribution is 0.262. The van der Waals surface area contributed by atoms with Gasteiger partial charge in [-0.25, -0.2) is 4.79 Å². The van der Waals surface area contributed by atoms with Crippen molar-refractivity contribution in [1.29, 1.82) is 0 Å². The summed E-state index contributed by atoms with van der Waals surface area (Å²) < 4.78 is 5.20. The van der Waals surface area contributed by atoms with Crippen LogP contribution in [0.3, 0.4) is 0 Å². The van der Waals surface area contributed by atoms with E-state index in [0.29, 0.717) is 17.1 Å². The number of benzene rings is 3. The second-order valence-electron chi connectivity index (χ2n) is 5.77. The van der Waals surface area contributed by atoms with E-state index in [1.54, 1.807) is 0 Å². The number of urea groups is 1. The fourth-order valence-electron chi connectivity index (χ4n) is 2.80. The summed E-state index contributed by atoms with van der Waals surface area (Å²) in [6.07, 6.45) is 0. The summed E-state index contributed by atoms with van der Waals surface area (Å²) in [5, 5.41) is 10.2. The molecule has 4 rings (SSSR count). The van der Waals surface area contributed by atoms with E-state index in [2.05, 4.69) is 15.8 Å². The van der Waals surface area contributed by atoms with Crippen LogP contribution in [0.2, 0.25) is 0 Å². The van der Waals surface area contributed by atoms with Crippen LogP contribution in [0.15, 0.2) is 77.3 Å². The van der Waals surface area contributed by atoms with Gasteiger partial charge in [0.05, 0.1) is 5.39 Å². The van der Waals surface area contributed by atoms with Crippen molar-refractivity contribution >= 4 is 34.2 Å². The predicted octanol–water partition coefficient (Wildman–Crippen LogP) is 4.72. The van der Waals surface area contributed by atoms with Gasteiger partial charge in [-0.3, -0.25) is 0 Å². The van der Waals surface area contributed by atoms with Crippen molar-refractivity contribution in [2.24, 2.45) is 0 Å². The SMILES string of the molecule is Nc1noc2cccc(-c3ccc(NC(=O)Nc4ccccc4)cc3)c12. The minimum absolute atomic E-state index is 0.297. The van der Waals surface area contributed by atoms with Gasteiger partial charge in [-0.15, -0.1) is 0 Å². The van der Waals surface area contributed by atoms with E-state index in [4.69, 9.17) is 10.3 Å². The molecule has 1 heterocycles. The number of amides is 2. The highest BCUT2D eigenvalue weighted by atomic mass is 16.5. The first kappa shape index (κ1) is 15.7. The molecule has 0 atom stereocenters. The Morgan fingerprint density at radius 1 is 0.846 bits per heavy atom. The summed E-state index contributed by atoms with van der Waals surface area (Å²) in [5.74, 6) is 0.361. The van der Waals surface area contributed by atoms with E-state index >= 15 is 0 Å². The molecule has 6 nitrogen and oxygen atoms in total. The largest absolute Gasteiger partial charge is 0.380 e. The van der Waals surface area contributed by atoms with E-state index in [0.717, 1.165) is 22.2 Å². The predicted molar refractivity (Wildman–Crippen MR) is 103 cm³/mol. The van der Waals surface area contributed by atoms with Gasteiger partial charge in [0.1, 0.15) is 0 Å². The molecule has 0 spiro atoms. The topological polar surface area (TPSA) is 93.2 Å². The fourth-order valence-corrected chi connectivity index (χ4v) is 2.80. The van der Waals surface area contributed by atoms with Crippen molar-refractivity contribution in [3.05, 3.63) is 72.8 Å². The van der Waals surface area contributed by atoms with Gasteiger partial charge in [-0.05, 0) is 41.5 Å². The molecule has 0 aliphatic rings. The van der Waals surface area contributed by atoms with Gasteiger partial charge >= 0.3 is 6.03 Å². The molecule has 0 fully saturated rings. The molecule has 1 aromatic heterocycles. The third-order valence-corrected chi connectivity index (χ3v) is 4.01. The second-order valence-corrected chi connectivity index (χ2v) is 5.77. The molecule has 0 aliphatic carbocycles. The van der Waals surface area contributed by atoms with Crippen LogP contribution in [0, 0.1) is 0 Å². The van der Waals surface area contributed by atoms with Crippen LogP contribution in [0.1, 0.15) is 0 Å². The lowest BCUT2D eigenvalue weighted by atomic mass is 10.0. The molecule has 2 amide bonds. The second kappa shape index (κ2) is 6.60. The van der Waals surface area contributed by atoms with Gasteiger partial charge < -0.3 is 20.9 Å². The van der Waals surface area contributed by atoms with Gasteiger partial charge in [-0.2, -0.15) is 0 Å². The molecule has 26 heavy (non-hydrogen) atoms. The Bertz CT molecular complexity index is 1060. The molecular formula is C20H16N4O2. The van der Waals surface area contributed by atoms with Gasteiger partial charge in [0, 0.05) is 11.4 Å². The van der Waals surface area contributed by atoms with Gasteiger partial charge in [0.2, 0.25) is 0 Å². The average Bonchev–Trinajstić information content (AvgIpc) is 3.04. The van der Waals surface area contributed by atoms with E-state index < -0.39 is 0 Å². The number of para-hydroxylation sites is 1. The zero-order valence-corrected chi connectivity index (χ0v) is 13.8. The van der Waals surface area contributed by atoms with Crippen molar-refractivity contribution in [3.8, 4) is 11.1 Å². The summed E-state index contributed by atoms with van der Waals surface area (Å²) in [7, 11) is 0. The lowest BCUT2D eigenvalue weighted by Gasteiger charge is -2.09. The molecule has 4 aromatic rings. The molecular weight excluding hydrogens is 328 g/mol. The van der Waals surface area contributed by atoms with E-state index in [9.17, 15) is 4.79 Å². The standard InChI is InChI=1S/C20H16N4O2/c21-19-18-16(7-4-8-17(18)26-24-19)13-9-11-15(12-10-13)23-20(25)22-14-5-2-1-3-6-14/h1-12H,(H2,21,24)(H2,22,23,25). The first-order valence-corrected chi connectivity index (χ1v) is 8.08. The molecule has 0 radical (unpaired) electrons. The number of aromatic nitrogens is 1. The van der Waals surface area contributed by atoms with Crippen LogP contribution in [0.5, 0.6) is 0 Å². The molecule has 4 N–H and O–H groups in total. The molecule has 3 aromatic carbocycles. The Morgan fingerprint density at radius 2 is 1.54 bits per heavy atom. The number of nitrogen functional groups attached to an aromatic ring is 1. The summed E-state index contributed by atoms with van der Waals surface area (Å²) in [4.78, 5) is 12.1. The number of hydrogen-bond donors (Lipinski definition) is 3. The summed E-state index contributed by atoms with van der Waals surface area (Å²) in [6, 6.07) is 22.2. The van der Waals surface area contributed by atoms with Crippen molar-refractivity contribution in [2.45, 2.75) is 0 Å². The molecule has 128 valence electrons. The zero-order valence-electron chi connectivity index (χ0n) is 13.8. The summed E-state index contributed by atoms with van der Waals surface area (Å²) in [5.41, 5.74) is 9.87. The minimum Gasteiger partial charge on any atom is -0.380 e. The maximum atomic E-state index is 12.1. The number of nitrogens with zero attached hydrogens (tertiary/aromatic N) is 1. The Balaban J connectivity index is 1.53. The highest BCUT2D eigenvalue weighted by Gasteiger charge is 2.11. The Morgan fingerprint density at radius 3 is 2.27 bits per heavy atom. The molecule has 6 heteroatoms. The van der Waals surface area contributed by atoms with Crippen LogP contribution in [-0.4, -0.2) is 11.2 Å². The fraction of sp³-hybridized carbons (Fsp3) is 0. The highest BCUT2D eigenvalue weighted by molar-refractivity contribution is 6.02. The number of nitrogens with one attached hydrogen (secondary N) is 2. The monoisotopic (exact) mass is 344 g/mol. The van der Waals surface area contributed by atoms with E-state index in [1.807, 2.05) is 72.8 Å². The Kier molecular flexibility index (Phi) is 3.99. The van der Waals surface area contributed by atoms with Crippen LogP contribution in [0.25, 0.3) is 22.1 Å². The summed E-state index contributed by atoms with van der Waals surface area (Å²) in [6.45, 7) is 0. The van der Waals surface area contributed by atoms with Crippen molar-refractivity contribution in [1.82, 2.24) is 5.16 Å². The Labute approximate surface area is 149 Å². The number of anilines is 3. The van der Waals surface area contributed by atoms with Crippen LogP contribution in [0.4, 0.5) is 22.0 Å². The molecule has 0 saturated heterocycles. The zero-order chi connectivity index (χ0) is 17.9. The number of rotatable bonds is 3. The first-order valence-electron chi connectivity index (χ1n) is 8.08. The van der Waals surface area contributed by atoms with Crippen LogP contribution in [-0.2, 0) is 0 Å². The smallest absolute Gasteiger partial charge is 0.323 e. The highest BCUT2D eigenvalue weighted by Crippen LogP contribution is 2.32. The van der Waals surface area contributed by atoms with Crippen LogP contribution < -0.4 is 16.4 Å². The molecule has 0 bridgehead atoms. The quantitative estimate of drug-likeness (QED) is 0.501. The van der Waals surface area contributed by atoms with E-state index in [1.165, 1.54) is 0 Å². The Hall–Kier alpha value is -3.80. The molecule has 0 unspecified atom stereocenters. The normalized spacial score (nSPS) is 10.6. The number of carbonyl (C=O) groups is 1. The molecule has 0 saturated carbocycles. The van der Waals surface area contributed by atoms with Crippen molar-refractivity contribution < 1.29 is 9.32 Å². The number of fused-ring (bicyclic) bond motifs is 1. The van der Waals surface area contributed by atoms with Crippen molar-refractivity contribution in [2.75, 3.05) is 16.4 Å².